The minimum atomic E-state index is -0.813. The number of hydrogen-bond acceptors (Lipinski definition) is 5. The molecule has 6 heteroatoms. The number of rotatable bonds is 38. The fourth-order valence-corrected chi connectivity index (χ4v) is 6.08. The monoisotopic (exact) mass is 778 g/mol. The Bertz CT molecular complexity index is 1140. The summed E-state index contributed by atoms with van der Waals surface area (Å²) in [6.45, 7) is 6.17. The first-order chi connectivity index (χ1) is 27.5. The largest absolute Gasteiger partial charge is 0.462 e. The van der Waals surface area contributed by atoms with Gasteiger partial charge in [0.15, 0.2) is 0 Å². The molecule has 0 rings (SSSR count). The summed E-state index contributed by atoms with van der Waals surface area (Å²) < 4.78 is 5.83. The second-order valence-electron chi connectivity index (χ2n) is 14.7. The van der Waals surface area contributed by atoms with Crippen molar-refractivity contribution >= 4 is 11.9 Å². The second-order valence-corrected chi connectivity index (χ2v) is 14.7. The molecule has 0 aromatic carbocycles. The lowest BCUT2D eigenvalue weighted by Crippen LogP contribution is -2.46. The Hall–Kier alpha value is -3.22. The van der Waals surface area contributed by atoms with E-state index in [1.54, 1.807) is 0 Å². The molecule has 318 valence electrons. The molecule has 0 aliphatic carbocycles. The lowest BCUT2D eigenvalue weighted by molar-refractivity contribution is -0.150. The van der Waals surface area contributed by atoms with Crippen LogP contribution in [0.25, 0.3) is 0 Å². The molecule has 0 aromatic heterocycles. The number of aliphatic hydroxyl groups is 2. The molecule has 0 bridgehead atoms. The quantitative estimate of drug-likeness (QED) is 0.0330. The Labute approximate surface area is 344 Å². The lowest BCUT2D eigenvalue weighted by Gasteiger charge is -2.24. The van der Waals surface area contributed by atoms with E-state index in [0.29, 0.717) is 19.3 Å². The molecule has 6 nitrogen and oxygen atoms in total. The maximum atomic E-state index is 13.1. The molecular weight excluding hydrogens is 695 g/mol. The van der Waals surface area contributed by atoms with E-state index in [2.05, 4.69) is 117 Å². The Morgan fingerprint density at radius 3 is 1.45 bits per heavy atom. The zero-order valence-electron chi connectivity index (χ0n) is 36.0. The predicted molar refractivity (Wildman–Crippen MR) is 240 cm³/mol. The van der Waals surface area contributed by atoms with Gasteiger partial charge < -0.3 is 20.3 Å². The van der Waals surface area contributed by atoms with Crippen LogP contribution in [0.4, 0.5) is 0 Å². The van der Waals surface area contributed by atoms with Crippen LogP contribution in [0.15, 0.2) is 97.2 Å². The van der Waals surface area contributed by atoms with Crippen molar-refractivity contribution in [2.24, 2.45) is 0 Å². The number of allylic oxidation sites excluding steroid dienone is 16. The topological polar surface area (TPSA) is 95.9 Å². The first-order valence-corrected chi connectivity index (χ1v) is 22.5. The van der Waals surface area contributed by atoms with Gasteiger partial charge in [0.25, 0.3) is 0 Å². The summed E-state index contributed by atoms with van der Waals surface area (Å²) in [6.07, 6.45) is 56.2. The summed E-state index contributed by atoms with van der Waals surface area (Å²) in [5, 5.41) is 23.5. The number of nitrogens with one attached hydrogen (secondary N) is 1. The zero-order chi connectivity index (χ0) is 41.0. The first kappa shape index (κ1) is 52.8. The van der Waals surface area contributed by atoms with E-state index < -0.39 is 18.2 Å². The van der Waals surface area contributed by atoms with Crippen LogP contribution in [0.2, 0.25) is 0 Å². The minimum Gasteiger partial charge on any atom is -0.462 e. The van der Waals surface area contributed by atoms with Gasteiger partial charge in [-0.3, -0.25) is 9.59 Å². The Morgan fingerprint density at radius 1 is 0.536 bits per heavy atom. The SMILES string of the molecule is CC/C=C/C/C=C/C/C=C/C/C=C/C/C=C/CCC(=O)OC(CCCC/C=C/C/C=C/C/C=C/CC)CC(=O)NC(CO)C(O)CCCCCCCCCCC. The van der Waals surface area contributed by atoms with Crippen LogP contribution in [0.5, 0.6) is 0 Å². The van der Waals surface area contributed by atoms with E-state index in [-0.39, 0.29) is 31.3 Å². The van der Waals surface area contributed by atoms with Gasteiger partial charge in [-0.1, -0.05) is 176 Å². The van der Waals surface area contributed by atoms with Crippen molar-refractivity contribution in [3.8, 4) is 0 Å². The summed E-state index contributed by atoms with van der Waals surface area (Å²) in [5.74, 6) is -0.626. The highest BCUT2D eigenvalue weighted by Crippen LogP contribution is 2.15. The van der Waals surface area contributed by atoms with Gasteiger partial charge in [0.2, 0.25) is 5.91 Å². The third-order valence-corrected chi connectivity index (χ3v) is 9.42. The van der Waals surface area contributed by atoms with Crippen molar-refractivity contribution in [2.75, 3.05) is 6.61 Å². The fourth-order valence-electron chi connectivity index (χ4n) is 6.08. The third-order valence-electron chi connectivity index (χ3n) is 9.42. The van der Waals surface area contributed by atoms with E-state index in [9.17, 15) is 19.8 Å². The molecule has 3 unspecified atom stereocenters. The molecule has 1 amide bonds. The van der Waals surface area contributed by atoms with Crippen LogP contribution in [0, 0.1) is 0 Å². The predicted octanol–water partition coefficient (Wildman–Crippen LogP) is 13.0. The molecule has 56 heavy (non-hydrogen) atoms. The first-order valence-electron chi connectivity index (χ1n) is 22.5. The molecule has 3 atom stereocenters. The van der Waals surface area contributed by atoms with Crippen molar-refractivity contribution in [1.82, 2.24) is 5.32 Å². The standard InChI is InChI=1S/C50H83NO5/c1-4-7-10-13-16-19-21-23-24-25-26-28-31-34-37-40-43-50(55)56-46(41-38-35-32-30-27-22-20-17-14-11-8-5-2)44-49(54)51-47(45-52)48(53)42-39-36-33-29-18-15-12-9-6-3/h7-8,10-11,16-17,19-20,23-24,26-28,30,34,37,46-48,52-53H,4-6,9,12-15,18,21-22,25,29,31-33,35-36,38-45H2,1-3H3,(H,51,54)/b10-7+,11-8+,19-16+,20-17+,24-23+,28-26+,30-27+,37-34+. The van der Waals surface area contributed by atoms with Crippen LogP contribution >= 0.6 is 0 Å². The Balaban J connectivity index is 4.80. The molecule has 0 aliphatic rings. The van der Waals surface area contributed by atoms with Crippen LogP contribution in [-0.2, 0) is 14.3 Å². The number of amides is 1. The van der Waals surface area contributed by atoms with Gasteiger partial charge in [0, 0.05) is 6.42 Å². The molecule has 3 N–H and O–H groups in total. The average Bonchev–Trinajstić information content (AvgIpc) is 3.19. The second kappa shape index (κ2) is 42.9. The number of hydrogen-bond donors (Lipinski definition) is 3. The van der Waals surface area contributed by atoms with Crippen molar-refractivity contribution in [2.45, 2.75) is 200 Å². The van der Waals surface area contributed by atoms with Crippen LogP contribution in [0.3, 0.4) is 0 Å². The molecule has 0 heterocycles. The van der Waals surface area contributed by atoms with Gasteiger partial charge in [0.05, 0.1) is 25.2 Å². The highest BCUT2D eigenvalue weighted by Gasteiger charge is 2.23. The van der Waals surface area contributed by atoms with E-state index in [4.69, 9.17) is 4.74 Å². The van der Waals surface area contributed by atoms with E-state index in [1.165, 1.54) is 38.5 Å². The van der Waals surface area contributed by atoms with E-state index in [1.807, 2.05) is 6.08 Å². The Morgan fingerprint density at radius 2 is 0.964 bits per heavy atom. The fraction of sp³-hybridized carbons (Fsp3) is 0.640. The maximum Gasteiger partial charge on any atom is 0.306 e. The smallest absolute Gasteiger partial charge is 0.306 e. The number of unbranched alkanes of at least 4 members (excludes halogenated alkanes) is 10. The molecule has 0 saturated heterocycles. The van der Waals surface area contributed by atoms with Crippen molar-refractivity contribution < 1.29 is 24.5 Å². The van der Waals surface area contributed by atoms with E-state index in [0.717, 1.165) is 89.9 Å². The summed E-state index contributed by atoms with van der Waals surface area (Å²) >= 11 is 0. The van der Waals surface area contributed by atoms with Gasteiger partial charge >= 0.3 is 5.97 Å². The molecule has 0 radical (unpaired) electrons. The summed E-state index contributed by atoms with van der Waals surface area (Å²) in [4.78, 5) is 25.9. The van der Waals surface area contributed by atoms with Gasteiger partial charge in [-0.25, -0.2) is 0 Å². The van der Waals surface area contributed by atoms with E-state index >= 15 is 0 Å². The lowest BCUT2D eigenvalue weighted by atomic mass is 10.0. The van der Waals surface area contributed by atoms with Crippen LogP contribution in [-0.4, -0.2) is 46.9 Å². The van der Waals surface area contributed by atoms with Crippen molar-refractivity contribution in [1.29, 1.82) is 0 Å². The highest BCUT2D eigenvalue weighted by molar-refractivity contribution is 5.77. The van der Waals surface area contributed by atoms with Gasteiger partial charge in [-0.05, 0) is 89.9 Å². The third kappa shape index (κ3) is 37.7. The number of ether oxygens (including phenoxy) is 1. The zero-order valence-corrected chi connectivity index (χ0v) is 36.0. The molecular formula is C50H83NO5. The number of esters is 1. The van der Waals surface area contributed by atoms with Gasteiger partial charge in [-0.15, -0.1) is 0 Å². The summed E-state index contributed by atoms with van der Waals surface area (Å²) in [5.41, 5.74) is 0. The average molecular weight is 778 g/mol. The molecule has 0 spiro atoms. The van der Waals surface area contributed by atoms with Crippen molar-refractivity contribution in [3.63, 3.8) is 0 Å². The molecule has 0 aliphatic heterocycles. The van der Waals surface area contributed by atoms with Gasteiger partial charge in [0.1, 0.15) is 6.10 Å². The normalized spacial score (nSPS) is 14.3. The van der Waals surface area contributed by atoms with Crippen LogP contribution in [0.1, 0.15) is 181 Å². The Kier molecular flexibility index (Phi) is 40.4. The summed E-state index contributed by atoms with van der Waals surface area (Å²) in [6, 6.07) is -0.731. The van der Waals surface area contributed by atoms with Gasteiger partial charge in [-0.2, -0.15) is 0 Å². The molecule has 0 saturated carbocycles. The maximum absolute atomic E-state index is 13.1. The van der Waals surface area contributed by atoms with Crippen molar-refractivity contribution in [3.05, 3.63) is 97.2 Å². The molecule has 0 fully saturated rings. The minimum absolute atomic E-state index is 0.0156. The highest BCUT2D eigenvalue weighted by atomic mass is 16.5. The number of carbonyl (C=O) groups is 2. The number of aliphatic hydroxyl groups excluding tert-OH is 2. The number of carbonyl (C=O) groups excluding carboxylic acids is 2. The van der Waals surface area contributed by atoms with Crippen LogP contribution < -0.4 is 5.32 Å². The molecule has 0 aromatic rings. The summed E-state index contributed by atoms with van der Waals surface area (Å²) in [7, 11) is 0.